The lowest BCUT2D eigenvalue weighted by Gasteiger charge is -2.27. The zero-order valence-corrected chi connectivity index (χ0v) is 12.2. The van der Waals surface area contributed by atoms with Gasteiger partial charge in [0.25, 0.3) is 11.5 Å². The molecule has 3 rings (SSSR count). The molecule has 2 aromatic heterocycles. The van der Waals surface area contributed by atoms with Crippen molar-refractivity contribution >= 4 is 17.5 Å². The lowest BCUT2D eigenvalue weighted by atomic mass is 10.3. The van der Waals surface area contributed by atoms with Gasteiger partial charge in [0.1, 0.15) is 5.75 Å². The van der Waals surface area contributed by atoms with E-state index in [9.17, 15) is 14.7 Å². The first kappa shape index (κ1) is 15.0. The number of piperazine rings is 1. The molecule has 23 heavy (non-hydrogen) atoms. The van der Waals surface area contributed by atoms with Crippen molar-refractivity contribution in [1.29, 1.82) is 0 Å². The molecule has 1 aliphatic rings. The Morgan fingerprint density at radius 1 is 1.35 bits per heavy atom. The van der Waals surface area contributed by atoms with Crippen LogP contribution in [0.2, 0.25) is 0 Å². The van der Waals surface area contributed by atoms with Gasteiger partial charge < -0.3 is 25.6 Å². The number of H-pyrrole nitrogens is 1. The van der Waals surface area contributed by atoms with Crippen LogP contribution >= 0.6 is 0 Å². The normalized spacial score (nSPS) is 14.5. The predicted molar refractivity (Wildman–Crippen MR) is 83.8 cm³/mol. The lowest BCUT2D eigenvalue weighted by molar-refractivity contribution is 0.101. The Kier molecular flexibility index (Phi) is 4.20. The molecule has 0 unspecified atom stereocenters. The molecule has 0 bridgehead atoms. The number of rotatable bonds is 3. The molecule has 1 saturated heterocycles. The SMILES string of the molecule is O=C(Nc1c[nH]c(=O)c(N2CCNCC2)n1)c1ncccc1O. The van der Waals surface area contributed by atoms with Gasteiger partial charge in [0.05, 0.1) is 0 Å². The maximum Gasteiger partial charge on any atom is 0.291 e. The molecule has 120 valence electrons. The molecule has 9 nitrogen and oxygen atoms in total. The molecule has 4 N–H and O–H groups in total. The van der Waals surface area contributed by atoms with Gasteiger partial charge in [-0.3, -0.25) is 9.59 Å². The number of carbonyl (C=O) groups is 1. The van der Waals surface area contributed by atoms with Crippen LogP contribution in [0.25, 0.3) is 0 Å². The highest BCUT2D eigenvalue weighted by atomic mass is 16.3. The molecule has 0 radical (unpaired) electrons. The van der Waals surface area contributed by atoms with Crippen molar-refractivity contribution in [3.05, 3.63) is 40.6 Å². The number of hydrogen-bond acceptors (Lipinski definition) is 7. The Morgan fingerprint density at radius 3 is 2.87 bits per heavy atom. The summed E-state index contributed by atoms with van der Waals surface area (Å²) >= 11 is 0. The number of aromatic hydroxyl groups is 1. The largest absolute Gasteiger partial charge is 0.505 e. The topological polar surface area (TPSA) is 123 Å². The zero-order valence-electron chi connectivity index (χ0n) is 12.2. The Morgan fingerprint density at radius 2 is 2.13 bits per heavy atom. The number of amides is 1. The van der Waals surface area contributed by atoms with E-state index in [2.05, 4.69) is 25.6 Å². The van der Waals surface area contributed by atoms with Gasteiger partial charge in [-0.1, -0.05) is 0 Å². The standard InChI is InChI=1S/C14H16N6O3/c21-9-2-1-3-16-11(9)13(22)19-10-8-17-14(23)12(18-10)20-6-4-15-5-7-20/h1-3,8,15,21H,4-7H2,(H,17,23)(H,18,19,22). The fourth-order valence-corrected chi connectivity index (χ4v) is 2.30. The maximum absolute atomic E-state index is 12.1. The summed E-state index contributed by atoms with van der Waals surface area (Å²) in [5.41, 5.74) is -0.421. The first-order valence-corrected chi connectivity index (χ1v) is 7.16. The van der Waals surface area contributed by atoms with Gasteiger partial charge >= 0.3 is 0 Å². The molecule has 1 aliphatic heterocycles. The van der Waals surface area contributed by atoms with Gasteiger partial charge in [0.2, 0.25) is 0 Å². The lowest BCUT2D eigenvalue weighted by Crippen LogP contribution is -2.45. The second-order valence-electron chi connectivity index (χ2n) is 5.00. The number of nitrogens with one attached hydrogen (secondary N) is 3. The summed E-state index contributed by atoms with van der Waals surface area (Å²) in [6.07, 6.45) is 2.72. The zero-order chi connectivity index (χ0) is 16.2. The Hall–Kier alpha value is -2.94. The highest BCUT2D eigenvalue weighted by Crippen LogP contribution is 2.15. The molecule has 0 spiro atoms. The Bertz CT molecular complexity index is 769. The predicted octanol–water partition coefficient (Wildman–Crippen LogP) is -0.468. The average Bonchev–Trinajstić information content (AvgIpc) is 2.57. The molecule has 2 aromatic rings. The van der Waals surface area contributed by atoms with Gasteiger partial charge in [-0.25, -0.2) is 9.97 Å². The molecule has 0 aliphatic carbocycles. The molecule has 0 saturated carbocycles. The smallest absolute Gasteiger partial charge is 0.291 e. The molecular formula is C14H16N6O3. The molecule has 9 heteroatoms. The molecule has 3 heterocycles. The summed E-state index contributed by atoms with van der Waals surface area (Å²) in [6.45, 7) is 2.85. The highest BCUT2D eigenvalue weighted by molar-refractivity contribution is 6.04. The van der Waals surface area contributed by atoms with Crippen molar-refractivity contribution in [3.8, 4) is 5.75 Å². The van der Waals surface area contributed by atoms with Crippen molar-refractivity contribution in [2.75, 3.05) is 36.4 Å². The quantitative estimate of drug-likeness (QED) is 0.604. The van der Waals surface area contributed by atoms with E-state index in [0.717, 1.165) is 13.1 Å². The maximum atomic E-state index is 12.1. The third-order valence-corrected chi connectivity index (χ3v) is 3.43. The fraction of sp³-hybridized carbons (Fsp3) is 0.286. The second kappa shape index (κ2) is 6.44. The van der Waals surface area contributed by atoms with Crippen LogP contribution in [0.3, 0.4) is 0 Å². The van der Waals surface area contributed by atoms with Gasteiger partial charge in [-0.15, -0.1) is 0 Å². The van der Waals surface area contributed by atoms with Crippen LogP contribution in [0, 0.1) is 0 Å². The van der Waals surface area contributed by atoms with Crippen LogP contribution < -0.4 is 21.1 Å². The van der Waals surface area contributed by atoms with Crippen molar-refractivity contribution in [3.63, 3.8) is 0 Å². The van der Waals surface area contributed by atoms with E-state index in [4.69, 9.17) is 0 Å². The van der Waals surface area contributed by atoms with Gasteiger partial charge in [-0.2, -0.15) is 0 Å². The van der Waals surface area contributed by atoms with Crippen LogP contribution in [-0.2, 0) is 0 Å². The first-order valence-electron chi connectivity index (χ1n) is 7.16. The van der Waals surface area contributed by atoms with E-state index >= 15 is 0 Å². The molecular weight excluding hydrogens is 300 g/mol. The van der Waals surface area contributed by atoms with Crippen LogP contribution in [0.4, 0.5) is 11.6 Å². The third-order valence-electron chi connectivity index (χ3n) is 3.43. The van der Waals surface area contributed by atoms with Crippen molar-refractivity contribution in [1.82, 2.24) is 20.3 Å². The van der Waals surface area contributed by atoms with E-state index in [1.165, 1.54) is 24.5 Å². The number of pyridine rings is 1. The minimum Gasteiger partial charge on any atom is -0.505 e. The number of hydrogen-bond donors (Lipinski definition) is 4. The van der Waals surface area contributed by atoms with Crippen LogP contribution in [0.5, 0.6) is 5.75 Å². The summed E-state index contributed by atoms with van der Waals surface area (Å²) in [5, 5.41) is 15.4. The van der Waals surface area contributed by atoms with Crippen molar-refractivity contribution < 1.29 is 9.90 Å². The third kappa shape index (κ3) is 3.29. The van der Waals surface area contributed by atoms with Gasteiger partial charge in [0.15, 0.2) is 17.3 Å². The van der Waals surface area contributed by atoms with Crippen LogP contribution in [0.15, 0.2) is 29.3 Å². The summed E-state index contributed by atoms with van der Waals surface area (Å²) in [7, 11) is 0. The van der Waals surface area contributed by atoms with E-state index in [0.29, 0.717) is 13.1 Å². The van der Waals surface area contributed by atoms with E-state index in [1.54, 1.807) is 0 Å². The Balaban J connectivity index is 1.82. The van der Waals surface area contributed by atoms with Crippen LogP contribution in [-0.4, -0.2) is 52.1 Å². The van der Waals surface area contributed by atoms with E-state index in [1.807, 2.05) is 4.90 Å². The fourth-order valence-electron chi connectivity index (χ4n) is 2.30. The minimum absolute atomic E-state index is 0.107. The van der Waals surface area contributed by atoms with Crippen molar-refractivity contribution in [2.45, 2.75) is 0 Å². The molecule has 0 atom stereocenters. The van der Waals surface area contributed by atoms with Crippen molar-refractivity contribution in [2.24, 2.45) is 0 Å². The highest BCUT2D eigenvalue weighted by Gasteiger charge is 2.18. The summed E-state index contributed by atoms with van der Waals surface area (Å²) in [6, 6.07) is 2.89. The van der Waals surface area contributed by atoms with Gasteiger partial charge in [-0.05, 0) is 12.1 Å². The minimum atomic E-state index is -0.603. The van der Waals surface area contributed by atoms with Crippen LogP contribution in [0.1, 0.15) is 10.5 Å². The average molecular weight is 316 g/mol. The van der Waals surface area contributed by atoms with E-state index < -0.39 is 5.91 Å². The molecule has 1 fully saturated rings. The number of aromatic nitrogens is 3. The number of aromatic amines is 1. The summed E-state index contributed by atoms with van der Waals surface area (Å²) in [5.74, 6) is -0.381. The molecule has 0 aromatic carbocycles. The van der Waals surface area contributed by atoms with Gasteiger partial charge in [0, 0.05) is 38.6 Å². The summed E-state index contributed by atoms with van der Waals surface area (Å²) in [4.78, 5) is 36.5. The summed E-state index contributed by atoms with van der Waals surface area (Å²) < 4.78 is 0. The number of anilines is 2. The van der Waals surface area contributed by atoms with E-state index in [-0.39, 0.29) is 28.6 Å². The first-order chi connectivity index (χ1) is 11.1. The molecule has 1 amide bonds. The number of carbonyl (C=O) groups excluding carboxylic acids is 1. The Labute approximate surface area is 131 Å². The monoisotopic (exact) mass is 316 g/mol. The number of nitrogens with zero attached hydrogens (tertiary/aromatic N) is 3. The second-order valence-corrected chi connectivity index (χ2v) is 5.00.